The van der Waals surface area contributed by atoms with Crippen molar-refractivity contribution >= 4 is 45.0 Å². The average Bonchev–Trinajstić information content (AvgIpc) is 2.90. The summed E-state index contributed by atoms with van der Waals surface area (Å²) in [5.41, 5.74) is 4.87. The van der Waals surface area contributed by atoms with Crippen LogP contribution in [-0.4, -0.2) is 27.0 Å². The van der Waals surface area contributed by atoms with Crippen molar-refractivity contribution < 1.29 is 9.13 Å². The van der Waals surface area contributed by atoms with Gasteiger partial charge < -0.3 is 10.1 Å². The minimum Gasteiger partial charge on any atom is -0.481 e. The number of nitrogens with zero attached hydrogens (tertiary/aromatic N) is 4. The van der Waals surface area contributed by atoms with E-state index in [0.29, 0.717) is 27.5 Å². The van der Waals surface area contributed by atoms with E-state index in [2.05, 4.69) is 37.9 Å². The molecule has 3 heterocycles. The van der Waals surface area contributed by atoms with Gasteiger partial charge >= 0.3 is 0 Å². The first kappa shape index (κ1) is 22.1. The molecule has 0 saturated carbocycles. The number of halogens is 2. The molecule has 0 atom stereocenters. The number of hydrogen-bond donors (Lipinski definition) is 1. The van der Waals surface area contributed by atoms with Crippen LogP contribution in [-0.2, 0) is 4.43 Å². The second-order valence-corrected chi connectivity index (χ2v) is 8.29. The number of pyridine rings is 2. The summed E-state index contributed by atoms with van der Waals surface area (Å²) in [5, 5.41) is 4.21. The van der Waals surface area contributed by atoms with E-state index >= 15 is 0 Å². The molecule has 5 rings (SSSR count). The van der Waals surface area contributed by atoms with E-state index in [9.17, 15) is 4.39 Å². The van der Waals surface area contributed by atoms with Gasteiger partial charge in [0.1, 0.15) is 11.6 Å². The van der Waals surface area contributed by atoms with E-state index in [4.69, 9.17) is 14.7 Å². The monoisotopic (exact) mass is 563 g/mol. The molecule has 6 nitrogen and oxygen atoms in total. The van der Waals surface area contributed by atoms with E-state index in [1.54, 1.807) is 37.8 Å². The smallest absolute Gasteiger partial charge is 0.212 e. The summed E-state index contributed by atoms with van der Waals surface area (Å²) in [4.78, 5) is 18.1. The number of nitrogens with one attached hydrogen (secondary N) is 1. The number of fused-ring (bicyclic) bond motifs is 1. The quantitative estimate of drug-likeness (QED) is 0.186. The molecule has 0 spiro atoms. The Labute approximate surface area is 209 Å². The fourth-order valence-electron chi connectivity index (χ4n) is 3.59. The summed E-state index contributed by atoms with van der Waals surface area (Å²) in [6.07, 6.45) is 5.21. The number of anilines is 2. The zero-order chi connectivity index (χ0) is 23.5. The Balaban J connectivity index is 1.65. The first-order valence-electron chi connectivity index (χ1n) is 10.5. The van der Waals surface area contributed by atoms with E-state index < -0.39 is 0 Å². The van der Waals surface area contributed by atoms with Crippen LogP contribution >= 0.6 is 22.6 Å². The third-order valence-electron chi connectivity index (χ3n) is 5.35. The van der Waals surface area contributed by atoms with Gasteiger partial charge in [0, 0.05) is 51.3 Å². The Hall–Kier alpha value is -3.66. The highest BCUT2D eigenvalue weighted by Crippen LogP contribution is 2.32. The van der Waals surface area contributed by atoms with E-state index in [0.717, 1.165) is 33.3 Å². The first-order valence-corrected chi connectivity index (χ1v) is 12.0. The molecule has 3 aromatic heterocycles. The van der Waals surface area contributed by atoms with E-state index in [1.807, 2.05) is 42.5 Å². The van der Waals surface area contributed by atoms with E-state index in [1.165, 1.54) is 6.07 Å². The molecule has 2 aromatic carbocycles. The van der Waals surface area contributed by atoms with Crippen molar-refractivity contribution in [2.24, 2.45) is 0 Å². The van der Waals surface area contributed by atoms with Gasteiger partial charge in [0.2, 0.25) is 5.88 Å². The standard InChI is InChI=1S/C26H19FIN5O/c1-34-24-9-5-17(15-30-24)16-4-8-23-21(12-16)26(31-20-6-7-22(27)19(11-20)13-28)33-25(32-23)18-3-2-10-29-14-18/h2-12,14-15H,13H2,1H3,(H,31,32,33). The van der Waals surface area contributed by atoms with Crippen LogP contribution in [0.2, 0.25) is 0 Å². The second kappa shape index (κ2) is 9.68. The Morgan fingerprint density at radius 3 is 2.56 bits per heavy atom. The number of benzene rings is 2. The molecule has 8 heteroatoms. The highest BCUT2D eigenvalue weighted by Gasteiger charge is 2.13. The van der Waals surface area contributed by atoms with E-state index in [-0.39, 0.29) is 5.82 Å². The maximum absolute atomic E-state index is 14.1. The van der Waals surface area contributed by atoms with Gasteiger partial charge in [-0.05, 0) is 59.7 Å². The summed E-state index contributed by atoms with van der Waals surface area (Å²) in [6, 6.07) is 18.5. The van der Waals surface area contributed by atoms with Crippen LogP contribution in [0.3, 0.4) is 0 Å². The van der Waals surface area contributed by atoms with Crippen LogP contribution < -0.4 is 10.1 Å². The van der Waals surface area contributed by atoms with Crippen molar-refractivity contribution in [2.45, 2.75) is 4.43 Å². The van der Waals surface area contributed by atoms with Crippen LogP contribution in [0.25, 0.3) is 33.4 Å². The van der Waals surface area contributed by atoms with Gasteiger partial charge in [-0.25, -0.2) is 19.3 Å². The maximum Gasteiger partial charge on any atom is 0.212 e. The van der Waals surface area contributed by atoms with Crippen molar-refractivity contribution in [1.82, 2.24) is 19.9 Å². The third-order valence-corrected chi connectivity index (χ3v) is 6.17. The fourth-order valence-corrected chi connectivity index (χ4v) is 4.18. The summed E-state index contributed by atoms with van der Waals surface area (Å²) in [5.74, 6) is 1.51. The predicted octanol–water partition coefficient (Wildman–Crippen LogP) is 6.58. The van der Waals surface area contributed by atoms with Crippen LogP contribution in [0.1, 0.15) is 5.56 Å². The molecule has 0 radical (unpaired) electrons. The normalized spacial score (nSPS) is 10.9. The van der Waals surface area contributed by atoms with Crippen LogP contribution in [0.5, 0.6) is 5.88 Å². The predicted molar refractivity (Wildman–Crippen MR) is 140 cm³/mol. The van der Waals surface area contributed by atoms with Gasteiger partial charge in [0.15, 0.2) is 5.82 Å². The summed E-state index contributed by atoms with van der Waals surface area (Å²) in [7, 11) is 1.59. The third kappa shape index (κ3) is 4.54. The van der Waals surface area contributed by atoms with Gasteiger partial charge in [-0.1, -0.05) is 28.7 Å². The highest BCUT2D eigenvalue weighted by molar-refractivity contribution is 14.1. The van der Waals surface area contributed by atoms with Gasteiger partial charge in [-0.15, -0.1) is 0 Å². The molecule has 5 aromatic rings. The Bertz CT molecular complexity index is 1460. The maximum atomic E-state index is 14.1. The molecule has 168 valence electrons. The molecule has 0 unspecified atom stereocenters. The molecule has 0 amide bonds. The number of ether oxygens (including phenoxy) is 1. The lowest BCUT2D eigenvalue weighted by Crippen LogP contribution is -2.01. The lowest BCUT2D eigenvalue weighted by atomic mass is 10.0. The van der Waals surface area contributed by atoms with Gasteiger partial charge in [0.05, 0.1) is 12.6 Å². The van der Waals surface area contributed by atoms with Crippen molar-refractivity contribution in [3.05, 3.63) is 90.6 Å². The van der Waals surface area contributed by atoms with Gasteiger partial charge in [0.25, 0.3) is 0 Å². The largest absolute Gasteiger partial charge is 0.481 e. The summed E-state index contributed by atoms with van der Waals surface area (Å²) >= 11 is 2.15. The molecule has 0 aliphatic carbocycles. The van der Waals surface area contributed by atoms with Crippen molar-refractivity contribution in [3.8, 4) is 28.4 Å². The fraction of sp³-hybridized carbons (Fsp3) is 0.0769. The molecule has 0 fully saturated rings. The Morgan fingerprint density at radius 2 is 1.82 bits per heavy atom. The molecule has 0 saturated heterocycles. The molecule has 0 aliphatic rings. The minimum absolute atomic E-state index is 0.224. The number of methoxy groups -OCH3 is 1. The molecule has 0 aliphatic heterocycles. The zero-order valence-electron chi connectivity index (χ0n) is 18.2. The van der Waals surface area contributed by atoms with Gasteiger partial charge in [-0.3, -0.25) is 4.98 Å². The number of hydrogen-bond acceptors (Lipinski definition) is 6. The molecule has 0 bridgehead atoms. The Kier molecular flexibility index (Phi) is 6.31. The van der Waals surface area contributed by atoms with Crippen molar-refractivity contribution in [3.63, 3.8) is 0 Å². The van der Waals surface area contributed by atoms with Crippen LogP contribution in [0, 0.1) is 5.82 Å². The number of alkyl halides is 1. The first-order chi connectivity index (χ1) is 16.6. The molecular formula is C26H19FIN5O. The number of rotatable bonds is 6. The van der Waals surface area contributed by atoms with Gasteiger partial charge in [-0.2, -0.15) is 0 Å². The van der Waals surface area contributed by atoms with Crippen LogP contribution in [0.4, 0.5) is 15.9 Å². The minimum atomic E-state index is -0.224. The van der Waals surface area contributed by atoms with Crippen molar-refractivity contribution in [2.75, 3.05) is 12.4 Å². The molecule has 34 heavy (non-hydrogen) atoms. The SMILES string of the molecule is COc1ccc(-c2ccc3nc(-c4cccnc4)nc(Nc4ccc(F)c(CI)c4)c3c2)cn1. The summed E-state index contributed by atoms with van der Waals surface area (Å²) < 4.78 is 19.8. The average molecular weight is 563 g/mol. The molecular weight excluding hydrogens is 544 g/mol. The van der Waals surface area contributed by atoms with Crippen LogP contribution in [0.15, 0.2) is 79.3 Å². The number of aromatic nitrogens is 4. The Morgan fingerprint density at radius 1 is 0.941 bits per heavy atom. The highest BCUT2D eigenvalue weighted by atomic mass is 127. The second-order valence-electron chi connectivity index (χ2n) is 7.52. The summed E-state index contributed by atoms with van der Waals surface area (Å²) in [6.45, 7) is 0. The topological polar surface area (TPSA) is 72.8 Å². The van der Waals surface area contributed by atoms with Crippen molar-refractivity contribution in [1.29, 1.82) is 0 Å². The lowest BCUT2D eigenvalue weighted by Gasteiger charge is -2.13. The molecule has 1 N–H and O–H groups in total. The lowest BCUT2D eigenvalue weighted by molar-refractivity contribution is 0.398. The zero-order valence-corrected chi connectivity index (χ0v) is 20.3.